The lowest BCUT2D eigenvalue weighted by molar-refractivity contribution is -0.139. The molecule has 0 radical (unpaired) electrons. The van der Waals surface area contributed by atoms with Crippen LogP contribution in [0.4, 0.5) is 5.69 Å². The average molecular weight is 530 g/mol. The summed E-state index contributed by atoms with van der Waals surface area (Å²) < 4.78 is 31.9. The molecule has 1 saturated carbocycles. The predicted octanol–water partition coefficient (Wildman–Crippen LogP) is 3.94. The molecule has 0 saturated heterocycles. The van der Waals surface area contributed by atoms with Crippen LogP contribution < -0.4 is 14.4 Å². The number of rotatable bonds is 10. The minimum Gasteiger partial charge on any atom is -0.497 e. The molecule has 2 aromatic rings. The van der Waals surface area contributed by atoms with Crippen molar-refractivity contribution in [2.45, 2.75) is 71.5 Å². The Morgan fingerprint density at radius 1 is 1.05 bits per heavy atom. The second-order valence-corrected chi connectivity index (χ2v) is 11.9. The molecule has 0 aliphatic heterocycles. The Bertz CT molecular complexity index is 1190. The summed E-state index contributed by atoms with van der Waals surface area (Å²) in [5, 5.41) is 3.10. The predicted molar refractivity (Wildman–Crippen MR) is 146 cm³/mol. The molecule has 9 heteroatoms. The second-order valence-electron chi connectivity index (χ2n) is 9.95. The number of benzene rings is 2. The van der Waals surface area contributed by atoms with Crippen LogP contribution in [0.1, 0.15) is 55.7 Å². The number of hydrogen-bond donors (Lipinski definition) is 1. The van der Waals surface area contributed by atoms with Crippen LogP contribution >= 0.6 is 0 Å². The van der Waals surface area contributed by atoms with Gasteiger partial charge in [0.2, 0.25) is 21.8 Å². The molecule has 1 aliphatic rings. The molecule has 1 aliphatic carbocycles. The Morgan fingerprint density at radius 3 is 2.27 bits per heavy atom. The van der Waals surface area contributed by atoms with Gasteiger partial charge in [0.15, 0.2) is 0 Å². The van der Waals surface area contributed by atoms with Crippen molar-refractivity contribution in [3.8, 4) is 5.75 Å². The lowest BCUT2D eigenvalue weighted by atomic mass is 9.95. The molecule has 1 atom stereocenters. The van der Waals surface area contributed by atoms with Gasteiger partial charge < -0.3 is 15.0 Å². The van der Waals surface area contributed by atoms with E-state index in [-0.39, 0.29) is 18.5 Å². The molecule has 3 rings (SSSR count). The van der Waals surface area contributed by atoms with Crippen LogP contribution in [0.5, 0.6) is 5.75 Å². The van der Waals surface area contributed by atoms with Crippen LogP contribution in [0.3, 0.4) is 0 Å². The van der Waals surface area contributed by atoms with Crippen molar-refractivity contribution in [1.82, 2.24) is 10.2 Å². The monoisotopic (exact) mass is 529 g/mol. The fraction of sp³-hybridized carbons (Fsp3) is 0.500. The summed E-state index contributed by atoms with van der Waals surface area (Å²) in [6.45, 7) is 5.20. The maximum absolute atomic E-state index is 13.7. The molecule has 0 heterocycles. The van der Waals surface area contributed by atoms with Gasteiger partial charge in [-0.2, -0.15) is 0 Å². The van der Waals surface area contributed by atoms with Crippen LogP contribution in [-0.2, 0) is 26.2 Å². The minimum atomic E-state index is -3.76. The minimum absolute atomic E-state index is 0.101. The van der Waals surface area contributed by atoms with Crippen LogP contribution in [-0.4, -0.2) is 57.1 Å². The Labute approximate surface area is 221 Å². The van der Waals surface area contributed by atoms with E-state index < -0.39 is 28.5 Å². The molecule has 0 aromatic heterocycles. The first kappa shape index (κ1) is 28.5. The number of ether oxygens (including phenoxy) is 1. The summed E-state index contributed by atoms with van der Waals surface area (Å²) in [5.41, 5.74) is 3.01. The van der Waals surface area contributed by atoms with E-state index in [1.54, 1.807) is 32.2 Å². The number of anilines is 1. The number of nitrogens with one attached hydrogen (secondary N) is 1. The molecule has 0 unspecified atom stereocenters. The number of amides is 2. The van der Waals surface area contributed by atoms with Gasteiger partial charge in [0.05, 0.1) is 19.1 Å². The van der Waals surface area contributed by atoms with Crippen molar-refractivity contribution in [1.29, 1.82) is 0 Å². The van der Waals surface area contributed by atoms with Crippen molar-refractivity contribution in [3.05, 3.63) is 59.2 Å². The number of methoxy groups -OCH3 is 1. The SMILES string of the molecule is COc1ccc(CN(C(=O)CN(c2ccc(C)cc2C)S(C)(=O)=O)[C@H](C)C(=O)NC2CCCCC2)cc1. The van der Waals surface area contributed by atoms with E-state index in [1.165, 1.54) is 11.3 Å². The summed E-state index contributed by atoms with van der Waals surface area (Å²) in [4.78, 5) is 28.4. The number of hydrogen-bond acceptors (Lipinski definition) is 5. The fourth-order valence-electron chi connectivity index (χ4n) is 4.76. The normalized spacial score (nSPS) is 15.1. The van der Waals surface area contributed by atoms with Gasteiger partial charge in [-0.05, 0) is 62.9 Å². The van der Waals surface area contributed by atoms with Crippen LogP contribution in [0, 0.1) is 13.8 Å². The maximum atomic E-state index is 13.7. The zero-order valence-electron chi connectivity index (χ0n) is 22.5. The smallest absolute Gasteiger partial charge is 0.244 e. The summed E-state index contributed by atoms with van der Waals surface area (Å²) in [7, 11) is -2.18. The molecule has 1 fully saturated rings. The van der Waals surface area contributed by atoms with Crippen LogP contribution in [0.15, 0.2) is 42.5 Å². The van der Waals surface area contributed by atoms with E-state index >= 15 is 0 Å². The first-order chi connectivity index (χ1) is 17.5. The molecule has 8 nitrogen and oxygen atoms in total. The number of nitrogens with zero attached hydrogens (tertiary/aromatic N) is 2. The number of carbonyl (C=O) groups is 2. The zero-order chi connectivity index (χ0) is 27.2. The first-order valence-corrected chi connectivity index (χ1v) is 14.6. The van der Waals surface area contributed by atoms with E-state index in [1.807, 2.05) is 38.1 Å². The van der Waals surface area contributed by atoms with Gasteiger partial charge in [0.25, 0.3) is 0 Å². The van der Waals surface area contributed by atoms with E-state index in [4.69, 9.17) is 4.74 Å². The molecule has 0 bridgehead atoms. The van der Waals surface area contributed by atoms with Crippen molar-refractivity contribution in [2.24, 2.45) is 0 Å². The van der Waals surface area contributed by atoms with Gasteiger partial charge in [-0.15, -0.1) is 0 Å². The topological polar surface area (TPSA) is 96.0 Å². The molecule has 0 spiro atoms. The molecular formula is C28H39N3O5S. The standard InChI is InChI=1S/C28H39N3O5S/c1-20-11-16-26(21(2)17-20)31(37(5,34)35)19-27(32)30(18-23-12-14-25(36-4)15-13-23)22(3)28(33)29-24-9-7-6-8-10-24/h11-17,22,24H,6-10,18-19H2,1-5H3,(H,29,33)/t22-/m1/s1. The van der Waals surface area contributed by atoms with Gasteiger partial charge >= 0.3 is 0 Å². The van der Waals surface area contributed by atoms with Gasteiger partial charge in [0.1, 0.15) is 18.3 Å². The second kappa shape index (κ2) is 12.4. The van der Waals surface area contributed by atoms with Crippen LogP contribution in [0.2, 0.25) is 0 Å². The third kappa shape index (κ3) is 7.71. The van der Waals surface area contributed by atoms with E-state index in [0.29, 0.717) is 11.4 Å². The van der Waals surface area contributed by atoms with Crippen LogP contribution in [0.25, 0.3) is 0 Å². The largest absolute Gasteiger partial charge is 0.497 e. The van der Waals surface area contributed by atoms with Crippen molar-refractivity contribution in [3.63, 3.8) is 0 Å². The molecule has 1 N–H and O–H groups in total. The Balaban J connectivity index is 1.89. The molecular weight excluding hydrogens is 490 g/mol. The van der Waals surface area contributed by atoms with Gasteiger partial charge in [-0.25, -0.2) is 8.42 Å². The number of sulfonamides is 1. The van der Waals surface area contributed by atoms with E-state index in [2.05, 4.69) is 5.32 Å². The van der Waals surface area contributed by atoms with Gasteiger partial charge in [-0.3, -0.25) is 13.9 Å². The zero-order valence-corrected chi connectivity index (χ0v) is 23.3. The fourth-order valence-corrected chi connectivity index (χ4v) is 5.67. The van der Waals surface area contributed by atoms with Gasteiger partial charge in [0, 0.05) is 12.6 Å². The highest BCUT2D eigenvalue weighted by Crippen LogP contribution is 2.25. The lowest BCUT2D eigenvalue weighted by Crippen LogP contribution is -2.53. The maximum Gasteiger partial charge on any atom is 0.244 e. The highest BCUT2D eigenvalue weighted by molar-refractivity contribution is 7.92. The third-order valence-corrected chi connectivity index (χ3v) is 8.06. The summed E-state index contributed by atoms with van der Waals surface area (Å²) >= 11 is 0. The quantitative estimate of drug-likeness (QED) is 0.503. The van der Waals surface area contributed by atoms with Crippen molar-refractivity contribution < 1.29 is 22.7 Å². The summed E-state index contributed by atoms with van der Waals surface area (Å²) in [5.74, 6) is 0.00140. The molecule has 202 valence electrons. The number of aryl methyl sites for hydroxylation is 2. The summed E-state index contributed by atoms with van der Waals surface area (Å²) in [6, 6.07) is 12.0. The Hall–Kier alpha value is -3.07. The molecule has 2 aromatic carbocycles. The van der Waals surface area contributed by atoms with Gasteiger partial charge in [-0.1, -0.05) is 49.1 Å². The highest BCUT2D eigenvalue weighted by Gasteiger charge is 2.31. The highest BCUT2D eigenvalue weighted by atomic mass is 32.2. The first-order valence-electron chi connectivity index (χ1n) is 12.8. The summed E-state index contributed by atoms with van der Waals surface area (Å²) in [6.07, 6.45) is 6.27. The Kier molecular flexibility index (Phi) is 9.59. The molecule has 37 heavy (non-hydrogen) atoms. The Morgan fingerprint density at radius 2 is 1.70 bits per heavy atom. The van der Waals surface area contributed by atoms with Crippen molar-refractivity contribution >= 4 is 27.5 Å². The van der Waals surface area contributed by atoms with E-state index in [9.17, 15) is 18.0 Å². The number of carbonyl (C=O) groups excluding carboxylic acids is 2. The van der Waals surface area contributed by atoms with Crippen molar-refractivity contribution in [2.75, 3.05) is 24.2 Å². The lowest BCUT2D eigenvalue weighted by Gasteiger charge is -2.33. The average Bonchev–Trinajstić information content (AvgIpc) is 2.86. The van der Waals surface area contributed by atoms with E-state index in [0.717, 1.165) is 52.9 Å². The molecule has 2 amide bonds. The third-order valence-electron chi connectivity index (χ3n) is 6.93.